The normalized spacial score (nSPS) is 10.2. The van der Waals surface area contributed by atoms with Gasteiger partial charge in [0.05, 0.1) is 18.9 Å². The number of nitrogens with two attached hydrogens (primary N) is 1. The van der Waals surface area contributed by atoms with E-state index in [0.717, 1.165) is 5.69 Å². The van der Waals surface area contributed by atoms with Crippen molar-refractivity contribution < 1.29 is 9.47 Å². The van der Waals surface area contributed by atoms with Crippen molar-refractivity contribution in [1.82, 2.24) is 4.98 Å². The zero-order valence-corrected chi connectivity index (χ0v) is 12.8. The predicted molar refractivity (Wildman–Crippen MR) is 85.7 cm³/mol. The maximum absolute atomic E-state index is 5.88. The standard InChI is InChI=1S/C15H18ClN3O2/c1-3-20-12-7-5-10(9-13(12)21-4-2)18-15-11(17)6-8-14(16)19-15/h5-9H,3-4,17H2,1-2H3,(H,18,19). The van der Waals surface area contributed by atoms with E-state index in [-0.39, 0.29) is 0 Å². The minimum Gasteiger partial charge on any atom is -0.490 e. The van der Waals surface area contributed by atoms with Crippen LogP contribution in [0.3, 0.4) is 0 Å². The van der Waals surface area contributed by atoms with Crippen LogP contribution in [0.4, 0.5) is 17.2 Å². The molecule has 0 saturated carbocycles. The Bertz CT molecular complexity index is 620. The molecule has 0 amide bonds. The van der Waals surface area contributed by atoms with Gasteiger partial charge in [0.1, 0.15) is 5.15 Å². The van der Waals surface area contributed by atoms with Gasteiger partial charge < -0.3 is 20.5 Å². The Morgan fingerprint density at radius 3 is 2.52 bits per heavy atom. The Kier molecular flexibility index (Phi) is 5.11. The first-order valence-corrected chi connectivity index (χ1v) is 7.10. The summed E-state index contributed by atoms with van der Waals surface area (Å²) < 4.78 is 11.1. The van der Waals surface area contributed by atoms with Crippen molar-refractivity contribution >= 4 is 28.8 Å². The summed E-state index contributed by atoms with van der Waals surface area (Å²) in [5, 5.41) is 3.50. The molecule has 0 spiro atoms. The number of nitrogens with one attached hydrogen (secondary N) is 1. The number of ether oxygens (including phenoxy) is 2. The minimum atomic E-state index is 0.377. The van der Waals surface area contributed by atoms with Gasteiger partial charge in [-0.1, -0.05) is 11.6 Å². The van der Waals surface area contributed by atoms with E-state index >= 15 is 0 Å². The third kappa shape index (κ3) is 3.92. The van der Waals surface area contributed by atoms with Crippen molar-refractivity contribution in [2.24, 2.45) is 0 Å². The second-order valence-electron chi connectivity index (χ2n) is 4.22. The quantitative estimate of drug-likeness (QED) is 0.793. The van der Waals surface area contributed by atoms with Gasteiger partial charge in [-0.3, -0.25) is 0 Å². The van der Waals surface area contributed by atoms with Crippen molar-refractivity contribution in [1.29, 1.82) is 0 Å². The zero-order valence-electron chi connectivity index (χ0n) is 12.0. The van der Waals surface area contributed by atoms with E-state index in [1.54, 1.807) is 12.1 Å². The molecule has 0 aliphatic rings. The van der Waals surface area contributed by atoms with Gasteiger partial charge in [-0.05, 0) is 38.1 Å². The third-order valence-electron chi connectivity index (χ3n) is 2.70. The summed E-state index contributed by atoms with van der Waals surface area (Å²) in [4.78, 5) is 4.16. The molecule has 0 aliphatic carbocycles. The van der Waals surface area contributed by atoms with Gasteiger partial charge in [0.15, 0.2) is 17.3 Å². The zero-order chi connectivity index (χ0) is 15.2. The molecule has 0 aliphatic heterocycles. The minimum absolute atomic E-state index is 0.377. The lowest BCUT2D eigenvalue weighted by molar-refractivity contribution is 0.288. The molecular formula is C15H18ClN3O2. The van der Waals surface area contributed by atoms with E-state index in [0.29, 0.717) is 41.4 Å². The fourth-order valence-electron chi connectivity index (χ4n) is 1.81. The molecule has 1 aromatic heterocycles. The summed E-state index contributed by atoms with van der Waals surface area (Å²) in [5.74, 6) is 1.89. The van der Waals surface area contributed by atoms with Crippen molar-refractivity contribution in [3.8, 4) is 11.5 Å². The Hall–Kier alpha value is -2.14. The first-order valence-electron chi connectivity index (χ1n) is 6.72. The van der Waals surface area contributed by atoms with E-state index in [1.807, 2.05) is 32.0 Å². The maximum Gasteiger partial charge on any atom is 0.163 e. The highest BCUT2D eigenvalue weighted by atomic mass is 35.5. The van der Waals surface area contributed by atoms with Crippen LogP contribution in [0.5, 0.6) is 11.5 Å². The molecule has 1 heterocycles. The van der Waals surface area contributed by atoms with Crippen molar-refractivity contribution in [3.05, 3.63) is 35.5 Å². The number of anilines is 3. The van der Waals surface area contributed by atoms with E-state index in [1.165, 1.54) is 0 Å². The number of nitrogens with zero attached hydrogens (tertiary/aromatic N) is 1. The SMILES string of the molecule is CCOc1ccc(Nc2nc(Cl)ccc2N)cc1OCC. The van der Waals surface area contributed by atoms with E-state index in [9.17, 15) is 0 Å². The molecular weight excluding hydrogens is 290 g/mol. The van der Waals surface area contributed by atoms with Crippen LogP contribution in [0.15, 0.2) is 30.3 Å². The summed E-state index contributed by atoms with van der Waals surface area (Å²) in [6, 6.07) is 8.91. The first-order chi connectivity index (χ1) is 10.1. The van der Waals surface area contributed by atoms with Crippen LogP contribution in [0, 0.1) is 0 Å². The molecule has 0 atom stereocenters. The second kappa shape index (κ2) is 7.04. The number of halogens is 1. The van der Waals surface area contributed by atoms with Crippen molar-refractivity contribution in [3.63, 3.8) is 0 Å². The molecule has 112 valence electrons. The molecule has 2 aromatic rings. The Balaban J connectivity index is 2.27. The molecule has 1 aromatic carbocycles. The number of hydrogen-bond acceptors (Lipinski definition) is 5. The van der Waals surface area contributed by atoms with E-state index < -0.39 is 0 Å². The molecule has 0 saturated heterocycles. The van der Waals surface area contributed by atoms with Gasteiger partial charge in [-0.25, -0.2) is 4.98 Å². The van der Waals surface area contributed by atoms with Crippen LogP contribution in [-0.4, -0.2) is 18.2 Å². The maximum atomic E-state index is 5.88. The smallest absolute Gasteiger partial charge is 0.163 e. The Labute approximate surface area is 129 Å². The lowest BCUT2D eigenvalue weighted by Crippen LogP contribution is -2.02. The molecule has 5 nitrogen and oxygen atoms in total. The average molecular weight is 308 g/mol. The van der Waals surface area contributed by atoms with Crippen LogP contribution in [-0.2, 0) is 0 Å². The highest BCUT2D eigenvalue weighted by Gasteiger charge is 2.08. The lowest BCUT2D eigenvalue weighted by atomic mass is 10.2. The number of benzene rings is 1. The monoisotopic (exact) mass is 307 g/mol. The van der Waals surface area contributed by atoms with Crippen LogP contribution in [0.1, 0.15) is 13.8 Å². The molecule has 3 N–H and O–H groups in total. The topological polar surface area (TPSA) is 69.4 Å². The lowest BCUT2D eigenvalue weighted by Gasteiger charge is -2.14. The van der Waals surface area contributed by atoms with Gasteiger partial charge in [0.25, 0.3) is 0 Å². The number of hydrogen-bond donors (Lipinski definition) is 2. The summed E-state index contributed by atoms with van der Waals surface area (Å²) in [6.07, 6.45) is 0. The Morgan fingerprint density at radius 1 is 1.10 bits per heavy atom. The molecule has 0 bridgehead atoms. The molecule has 2 rings (SSSR count). The molecule has 21 heavy (non-hydrogen) atoms. The van der Waals surface area contributed by atoms with Crippen LogP contribution in [0.2, 0.25) is 5.15 Å². The predicted octanol–water partition coefficient (Wildman–Crippen LogP) is 3.86. The van der Waals surface area contributed by atoms with E-state index in [2.05, 4.69) is 10.3 Å². The van der Waals surface area contributed by atoms with E-state index in [4.69, 9.17) is 26.8 Å². The molecule has 0 radical (unpaired) electrons. The number of pyridine rings is 1. The van der Waals surface area contributed by atoms with Gasteiger partial charge in [0, 0.05) is 11.8 Å². The summed E-state index contributed by atoms with van der Waals surface area (Å²) in [5.41, 5.74) is 7.19. The van der Waals surface area contributed by atoms with Gasteiger partial charge in [0.2, 0.25) is 0 Å². The highest BCUT2D eigenvalue weighted by Crippen LogP contribution is 2.32. The molecule has 0 fully saturated rings. The number of aromatic nitrogens is 1. The average Bonchev–Trinajstić information content (AvgIpc) is 2.46. The van der Waals surface area contributed by atoms with Gasteiger partial charge >= 0.3 is 0 Å². The molecule has 0 unspecified atom stereocenters. The molecule has 6 heteroatoms. The Morgan fingerprint density at radius 2 is 1.81 bits per heavy atom. The highest BCUT2D eigenvalue weighted by molar-refractivity contribution is 6.29. The first kappa shape index (κ1) is 15.3. The number of nitrogen functional groups attached to an aromatic ring is 1. The van der Waals surface area contributed by atoms with Crippen LogP contribution < -0.4 is 20.5 Å². The fraction of sp³-hybridized carbons (Fsp3) is 0.267. The van der Waals surface area contributed by atoms with Gasteiger partial charge in [-0.2, -0.15) is 0 Å². The second-order valence-corrected chi connectivity index (χ2v) is 4.61. The summed E-state index contributed by atoms with van der Waals surface area (Å²) >= 11 is 5.88. The van der Waals surface area contributed by atoms with Gasteiger partial charge in [-0.15, -0.1) is 0 Å². The third-order valence-corrected chi connectivity index (χ3v) is 2.91. The summed E-state index contributed by atoms with van der Waals surface area (Å²) in [7, 11) is 0. The van der Waals surface area contributed by atoms with Crippen LogP contribution >= 0.6 is 11.6 Å². The largest absolute Gasteiger partial charge is 0.490 e. The van der Waals surface area contributed by atoms with Crippen molar-refractivity contribution in [2.45, 2.75) is 13.8 Å². The summed E-state index contributed by atoms with van der Waals surface area (Å²) in [6.45, 7) is 4.99. The number of rotatable bonds is 6. The van der Waals surface area contributed by atoms with Crippen LogP contribution in [0.25, 0.3) is 0 Å². The fourth-order valence-corrected chi connectivity index (χ4v) is 1.96. The van der Waals surface area contributed by atoms with Crippen molar-refractivity contribution in [2.75, 3.05) is 24.3 Å².